The molecule has 0 saturated carbocycles. The molecule has 6 heteroatoms. The van der Waals surface area contributed by atoms with Gasteiger partial charge < -0.3 is 9.15 Å². The molecule has 1 aromatic heterocycles. The van der Waals surface area contributed by atoms with E-state index in [1.807, 2.05) is 24.3 Å². The summed E-state index contributed by atoms with van der Waals surface area (Å²) < 4.78 is 11.0. The summed E-state index contributed by atoms with van der Waals surface area (Å²) >= 11 is 5.88. The molecule has 0 N–H and O–H groups in total. The first-order valence-electron chi connectivity index (χ1n) is 7.05. The lowest BCUT2D eigenvalue weighted by Crippen LogP contribution is -2.51. The number of nitrogens with zero attached hydrogens (tertiary/aromatic N) is 3. The third-order valence-corrected chi connectivity index (χ3v) is 3.88. The second kappa shape index (κ2) is 6.13. The molecule has 1 aliphatic heterocycles. The monoisotopic (exact) mass is 307 g/mol. The van der Waals surface area contributed by atoms with Gasteiger partial charge in [0.2, 0.25) is 11.8 Å². The fraction of sp³-hybridized carbons (Fsp3) is 0.467. The van der Waals surface area contributed by atoms with E-state index in [2.05, 4.69) is 28.9 Å². The summed E-state index contributed by atoms with van der Waals surface area (Å²) in [6.07, 6.45) is 0. The molecular weight excluding hydrogens is 290 g/mol. The second-order valence-corrected chi connectivity index (χ2v) is 5.90. The second-order valence-electron chi connectivity index (χ2n) is 5.47. The van der Waals surface area contributed by atoms with Crippen LogP contribution in [0.1, 0.15) is 19.7 Å². The lowest BCUT2D eigenvalue weighted by Gasteiger charge is -2.39. The van der Waals surface area contributed by atoms with E-state index in [4.69, 9.17) is 20.8 Å². The van der Waals surface area contributed by atoms with Crippen LogP contribution in [0.4, 0.5) is 0 Å². The minimum Gasteiger partial charge on any atom is -0.419 e. The van der Waals surface area contributed by atoms with Gasteiger partial charge in [0.05, 0.1) is 25.8 Å². The molecule has 2 aromatic rings. The lowest BCUT2D eigenvalue weighted by atomic mass is 10.1. The van der Waals surface area contributed by atoms with Crippen LogP contribution >= 0.6 is 11.6 Å². The van der Waals surface area contributed by atoms with Gasteiger partial charge >= 0.3 is 0 Å². The predicted octanol–water partition coefficient (Wildman–Crippen LogP) is 3.00. The Labute approximate surface area is 128 Å². The zero-order valence-corrected chi connectivity index (χ0v) is 12.9. The normalized spacial score (nSPS) is 15.7. The minimum atomic E-state index is 0.407. The van der Waals surface area contributed by atoms with Crippen LogP contribution in [0.15, 0.2) is 28.7 Å². The first-order valence-corrected chi connectivity index (χ1v) is 7.43. The summed E-state index contributed by atoms with van der Waals surface area (Å²) in [5.41, 5.74) is 0.876. The van der Waals surface area contributed by atoms with Gasteiger partial charge in [-0.1, -0.05) is 11.6 Å². The van der Waals surface area contributed by atoms with Crippen molar-refractivity contribution in [3.8, 4) is 11.5 Å². The molecule has 0 aliphatic carbocycles. The molecule has 1 aliphatic rings. The van der Waals surface area contributed by atoms with Crippen molar-refractivity contribution in [3.05, 3.63) is 35.2 Å². The molecule has 0 spiro atoms. The lowest BCUT2D eigenvalue weighted by molar-refractivity contribution is -0.0806. The highest BCUT2D eigenvalue weighted by molar-refractivity contribution is 6.30. The van der Waals surface area contributed by atoms with E-state index in [0.717, 1.165) is 18.8 Å². The van der Waals surface area contributed by atoms with Crippen LogP contribution in [-0.4, -0.2) is 40.4 Å². The Bertz CT molecular complexity index is 593. The molecule has 3 rings (SSSR count). The number of halogens is 1. The van der Waals surface area contributed by atoms with Crippen LogP contribution in [0, 0.1) is 0 Å². The zero-order chi connectivity index (χ0) is 14.8. The molecule has 0 bridgehead atoms. The summed E-state index contributed by atoms with van der Waals surface area (Å²) in [7, 11) is 0. The smallest absolute Gasteiger partial charge is 0.247 e. The number of ether oxygens (including phenoxy) is 1. The highest BCUT2D eigenvalue weighted by atomic mass is 35.5. The van der Waals surface area contributed by atoms with Gasteiger partial charge in [0.15, 0.2) is 0 Å². The Morgan fingerprint density at radius 2 is 1.95 bits per heavy atom. The maximum Gasteiger partial charge on any atom is 0.247 e. The predicted molar refractivity (Wildman–Crippen MR) is 80.0 cm³/mol. The van der Waals surface area contributed by atoms with Gasteiger partial charge in [0.1, 0.15) is 0 Å². The van der Waals surface area contributed by atoms with E-state index in [1.165, 1.54) is 0 Å². The van der Waals surface area contributed by atoms with Crippen LogP contribution in [0.2, 0.25) is 5.02 Å². The van der Waals surface area contributed by atoms with E-state index >= 15 is 0 Å². The highest BCUT2D eigenvalue weighted by Gasteiger charge is 2.29. The van der Waals surface area contributed by atoms with Gasteiger partial charge in [0, 0.05) is 16.6 Å². The van der Waals surface area contributed by atoms with Crippen molar-refractivity contribution < 1.29 is 9.15 Å². The van der Waals surface area contributed by atoms with E-state index in [9.17, 15) is 0 Å². The highest BCUT2D eigenvalue weighted by Crippen LogP contribution is 2.22. The van der Waals surface area contributed by atoms with Gasteiger partial charge in [0.25, 0.3) is 0 Å². The number of aromatic nitrogens is 2. The maximum atomic E-state index is 5.88. The number of rotatable bonds is 5. The van der Waals surface area contributed by atoms with Crippen molar-refractivity contribution in [2.75, 3.05) is 13.2 Å². The Balaban J connectivity index is 1.73. The fourth-order valence-electron chi connectivity index (χ4n) is 2.33. The molecule has 2 heterocycles. The van der Waals surface area contributed by atoms with Crippen molar-refractivity contribution in [3.63, 3.8) is 0 Å². The molecule has 1 aromatic carbocycles. The molecule has 5 nitrogen and oxygen atoms in total. The van der Waals surface area contributed by atoms with Crippen molar-refractivity contribution in [1.29, 1.82) is 0 Å². The summed E-state index contributed by atoms with van der Waals surface area (Å²) in [5, 5.41) is 8.95. The standard InChI is InChI=1S/C15H18ClN3O2/c1-10(2)19(13-8-20-9-13)7-14-17-18-15(21-14)11-3-5-12(16)6-4-11/h3-6,10,13H,7-9H2,1-2H3. The molecule has 1 saturated heterocycles. The van der Waals surface area contributed by atoms with Gasteiger partial charge in [-0.25, -0.2) is 0 Å². The van der Waals surface area contributed by atoms with Crippen LogP contribution in [0.3, 0.4) is 0 Å². The van der Waals surface area contributed by atoms with Gasteiger partial charge in [-0.2, -0.15) is 0 Å². The van der Waals surface area contributed by atoms with Crippen LogP contribution < -0.4 is 0 Å². The molecule has 0 unspecified atom stereocenters. The topological polar surface area (TPSA) is 51.4 Å². The first kappa shape index (κ1) is 14.5. The third-order valence-electron chi connectivity index (χ3n) is 3.63. The fourth-order valence-corrected chi connectivity index (χ4v) is 2.46. The molecule has 0 atom stereocenters. The Morgan fingerprint density at radius 1 is 1.24 bits per heavy atom. The minimum absolute atomic E-state index is 0.407. The van der Waals surface area contributed by atoms with Crippen molar-refractivity contribution in [2.45, 2.75) is 32.5 Å². The first-order chi connectivity index (χ1) is 10.1. The van der Waals surface area contributed by atoms with Crippen LogP contribution in [0.5, 0.6) is 0 Å². The quantitative estimate of drug-likeness (QED) is 0.850. The molecule has 0 amide bonds. The zero-order valence-electron chi connectivity index (χ0n) is 12.1. The van der Waals surface area contributed by atoms with Gasteiger partial charge in [-0.05, 0) is 38.1 Å². The van der Waals surface area contributed by atoms with E-state index in [1.54, 1.807) is 0 Å². The Kier molecular flexibility index (Phi) is 4.24. The third kappa shape index (κ3) is 3.26. The maximum absolute atomic E-state index is 5.88. The number of hydrogen-bond donors (Lipinski definition) is 0. The Morgan fingerprint density at radius 3 is 2.52 bits per heavy atom. The van der Waals surface area contributed by atoms with E-state index < -0.39 is 0 Å². The largest absolute Gasteiger partial charge is 0.419 e. The molecular formula is C15H18ClN3O2. The van der Waals surface area contributed by atoms with E-state index in [0.29, 0.717) is 35.4 Å². The number of hydrogen-bond acceptors (Lipinski definition) is 5. The van der Waals surface area contributed by atoms with Crippen LogP contribution in [0.25, 0.3) is 11.5 Å². The van der Waals surface area contributed by atoms with E-state index in [-0.39, 0.29) is 0 Å². The SMILES string of the molecule is CC(C)N(Cc1nnc(-c2ccc(Cl)cc2)o1)C1COC1. The van der Waals surface area contributed by atoms with Crippen molar-refractivity contribution in [2.24, 2.45) is 0 Å². The summed E-state index contributed by atoms with van der Waals surface area (Å²) in [6.45, 7) is 6.52. The number of benzene rings is 1. The van der Waals surface area contributed by atoms with Crippen molar-refractivity contribution in [1.82, 2.24) is 15.1 Å². The Hall–Kier alpha value is -1.43. The summed E-state index contributed by atoms with van der Waals surface area (Å²) in [4.78, 5) is 2.32. The van der Waals surface area contributed by atoms with Gasteiger partial charge in [-0.15, -0.1) is 10.2 Å². The van der Waals surface area contributed by atoms with Crippen LogP contribution in [-0.2, 0) is 11.3 Å². The molecule has 1 fully saturated rings. The average Bonchev–Trinajstić information content (AvgIpc) is 2.85. The average molecular weight is 308 g/mol. The van der Waals surface area contributed by atoms with Crippen molar-refractivity contribution >= 4 is 11.6 Å². The molecule has 21 heavy (non-hydrogen) atoms. The molecule has 0 radical (unpaired) electrons. The summed E-state index contributed by atoms with van der Waals surface area (Å²) in [6, 6.07) is 8.22. The van der Waals surface area contributed by atoms with Gasteiger partial charge in [-0.3, -0.25) is 4.90 Å². The summed E-state index contributed by atoms with van der Waals surface area (Å²) in [5.74, 6) is 1.15. The molecule has 112 valence electrons.